The highest BCUT2D eigenvalue weighted by Gasteiger charge is 2.20. The second kappa shape index (κ2) is 5.63. The molecular weight excluding hydrogens is 228 g/mol. The molecule has 1 atom stereocenters. The highest BCUT2D eigenvalue weighted by atomic mass is 35.5. The minimum Gasteiger partial charge on any atom is -0.468 e. The lowest BCUT2D eigenvalue weighted by molar-refractivity contribution is -0.142. The number of hydrogen-bond donors (Lipinski definition) is 1. The van der Waals surface area contributed by atoms with E-state index in [0.29, 0.717) is 0 Å². The van der Waals surface area contributed by atoms with E-state index >= 15 is 0 Å². The van der Waals surface area contributed by atoms with Crippen LogP contribution < -0.4 is 5.73 Å². The number of benzene rings is 1. The molecule has 0 aromatic heterocycles. The number of esters is 1. The van der Waals surface area contributed by atoms with Crippen molar-refractivity contribution in [1.29, 1.82) is 0 Å². The predicted octanol–water partition coefficient (Wildman–Crippen LogP) is 1.56. The van der Waals surface area contributed by atoms with Crippen molar-refractivity contribution in [2.75, 3.05) is 7.11 Å². The first-order valence-corrected chi connectivity index (χ1v) is 3.84. The molecule has 0 saturated heterocycles. The van der Waals surface area contributed by atoms with E-state index in [0.717, 1.165) is 25.3 Å². The summed E-state index contributed by atoms with van der Waals surface area (Å²) in [5.41, 5.74) is 5.13. The third-order valence-corrected chi connectivity index (χ3v) is 1.75. The molecule has 15 heavy (non-hydrogen) atoms. The van der Waals surface area contributed by atoms with Crippen molar-refractivity contribution in [2.24, 2.45) is 5.73 Å². The summed E-state index contributed by atoms with van der Waals surface area (Å²) in [7, 11) is 1.12. The quantitative estimate of drug-likeness (QED) is 0.795. The number of carbonyl (C=O) groups excluding carboxylic acids is 1. The molecule has 6 heteroatoms. The van der Waals surface area contributed by atoms with Gasteiger partial charge in [-0.05, 0) is 18.2 Å². The summed E-state index contributed by atoms with van der Waals surface area (Å²) in [6.45, 7) is 0. The van der Waals surface area contributed by atoms with Crippen molar-refractivity contribution in [1.82, 2.24) is 0 Å². The van der Waals surface area contributed by atoms with Gasteiger partial charge in [-0.15, -0.1) is 12.4 Å². The van der Waals surface area contributed by atoms with Crippen LogP contribution in [0.15, 0.2) is 18.2 Å². The lowest BCUT2D eigenvalue weighted by Gasteiger charge is -2.10. The van der Waals surface area contributed by atoms with Gasteiger partial charge >= 0.3 is 5.97 Å². The van der Waals surface area contributed by atoms with Crippen LogP contribution in [0.5, 0.6) is 0 Å². The first-order valence-electron chi connectivity index (χ1n) is 3.84. The zero-order valence-electron chi connectivity index (χ0n) is 7.87. The molecule has 1 aromatic carbocycles. The van der Waals surface area contributed by atoms with E-state index in [1.807, 2.05) is 0 Å². The minimum absolute atomic E-state index is 0. The molecule has 0 heterocycles. The fourth-order valence-corrected chi connectivity index (χ4v) is 1.01. The first-order chi connectivity index (χ1) is 6.56. The summed E-state index contributed by atoms with van der Waals surface area (Å²) in [6, 6.07) is 1.43. The van der Waals surface area contributed by atoms with Crippen LogP contribution in [0.2, 0.25) is 0 Å². The van der Waals surface area contributed by atoms with E-state index in [4.69, 9.17) is 5.73 Å². The van der Waals surface area contributed by atoms with E-state index in [2.05, 4.69) is 4.74 Å². The zero-order valence-corrected chi connectivity index (χ0v) is 8.68. The number of rotatable bonds is 2. The standard InChI is InChI=1S/C9H9F2NO2.ClH/c1-14-9(13)8(12)6-4-5(10)2-3-7(6)11;/h2-4,8H,12H2,1H3;1H/t8-;/m0./s1. The Hall–Kier alpha value is -1.20. The normalized spacial score (nSPS) is 11.5. The van der Waals surface area contributed by atoms with Crippen LogP contribution in [-0.2, 0) is 9.53 Å². The number of methoxy groups -OCH3 is 1. The largest absolute Gasteiger partial charge is 0.468 e. The van der Waals surface area contributed by atoms with Crippen LogP contribution >= 0.6 is 12.4 Å². The summed E-state index contributed by atoms with van der Waals surface area (Å²) >= 11 is 0. The monoisotopic (exact) mass is 237 g/mol. The number of hydrogen-bond acceptors (Lipinski definition) is 3. The topological polar surface area (TPSA) is 52.3 Å². The molecule has 84 valence electrons. The Morgan fingerprint density at radius 2 is 2.07 bits per heavy atom. The SMILES string of the molecule is COC(=O)[C@@H](N)c1cc(F)ccc1F.Cl. The van der Waals surface area contributed by atoms with Crippen LogP contribution in [0.4, 0.5) is 8.78 Å². The lowest BCUT2D eigenvalue weighted by Crippen LogP contribution is -2.23. The molecule has 0 amide bonds. The van der Waals surface area contributed by atoms with Gasteiger partial charge in [-0.2, -0.15) is 0 Å². The van der Waals surface area contributed by atoms with E-state index in [1.165, 1.54) is 0 Å². The van der Waals surface area contributed by atoms with Gasteiger partial charge in [0.25, 0.3) is 0 Å². The maximum absolute atomic E-state index is 13.1. The third-order valence-electron chi connectivity index (χ3n) is 1.75. The molecule has 1 aromatic rings. The summed E-state index contributed by atoms with van der Waals surface area (Å²) < 4.78 is 30.1. The maximum atomic E-state index is 13.1. The van der Waals surface area contributed by atoms with Gasteiger partial charge < -0.3 is 10.5 Å². The van der Waals surface area contributed by atoms with E-state index < -0.39 is 23.6 Å². The van der Waals surface area contributed by atoms with Crippen molar-refractivity contribution in [2.45, 2.75) is 6.04 Å². The molecule has 0 aliphatic rings. The molecule has 0 aliphatic heterocycles. The Bertz CT molecular complexity index is 360. The van der Waals surface area contributed by atoms with Gasteiger partial charge in [0.2, 0.25) is 0 Å². The summed E-state index contributed by atoms with van der Waals surface area (Å²) in [4.78, 5) is 10.9. The Balaban J connectivity index is 0.00000196. The van der Waals surface area contributed by atoms with Crippen LogP contribution in [0, 0.1) is 11.6 Å². The number of halogens is 3. The summed E-state index contributed by atoms with van der Waals surface area (Å²) in [5.74, 6) is -2.19. The van der Waals surface area contributed by atoms with Gasteiger partial charge in [-0.25, -0.2) is 8.78 Å². The second-order valence-electron chi connectivity index (χ2n) is 2.67. The molecule has 0 saturated carbocycles. The number of nitrogens with two attached hydrogens (primary N) is 1. The summed E-state index contributed by atoms with van der Waals surface area (Å²) in [5, 5.41) is 0. The first kappa shape index (κ1) is 13.8. The van der Waals surface area contributed by atoms with Crippen molar-refractivity contribution in [3.63, 3.8) is 0 Å². The van der Waals surface area contributed by atoms with Gasteiger partial charge in [0, 0.05) is 5.56 Å². The molecule has 0 bridgehead atoms. The fraction of sp³-hybridized carbons (Fsp3) is 0.222. The molecule has 3 nitrogen and oxygen atoms in total. The highest BCUT2D eigenvalue weighted by molar-refractivity contribution is 5.85. The third kappa shape index (κ3) is 3.14. The average Bonchev–Trinajstić information content (AvgIpc) is 2.19. The average molecular weight is 238 g/mol. The van der Waals surface area contributed by atoms with Gasteiger partial charge in [-0.3, -0.25) is 4.79 Å². The molecule has 0 radical (unpaired) electrons. The lowest BCUT2D eigenvalue weighted by atomic mass is 10.1. The maximum Gasteiger partial charge on any atom is 0.327 e. The fourth-order valence-electron chi connectivity index (χ4n) is 1.01. The van der Waals surface area contributed by atoms with E-state index in [-0.39, 0.29) is 18.0 Å². The predicted molar refractivity (Wildman–Crippen MR) is 52.6 cm³/mol. The van der Waals surface area contributed by atoms with Crippen LogP contribution in [0.25, 0.3) is 0 Å². The van der Waals surface area contributed by atoms with E-state index in [9.17, 15) is 13.6 Å². The van der Waals surface area contributed by atoms with Gasteiger partial charge in [-0.1, -0.05) is 0 Å². The smallest absolute Gasteiger partial charge is 0.327 e. The molecule has 0 aliphatic carbocycles. The number of ether oxygens (including phenoxy) is 1. The molecule has 1 rings (SSSR count). The molecule has 0 fully saturated rings. The summed E-state index contributed by atoms with van der Waals surface area (Å²) in [6.07, 6.45) is 0. The molecule has 0 spiro atoms. The molecule has 2 N–H and O–H groups in total. The Morgan fingerprint density at radius 1 is 1.47 bits per heavy atom. The minimum atomic E-state index is -1.30. The zero-order chi connectivity index (χ0) is 10.7. The van der Waals surface area contributed by atoms with Gasteiger partial charge in [0.1, 0.15) is 17.7 Å². The highest BCUT2D eigenvalue weighted by Crippen LogP contribution is 2.17. The van der Waals surface area contributed by atoms with Crippen LogP contribution in [-0.4, -0.2) is 13.1 Å². The van der Waals surface area contributed by atoms with Crippen molar-refractivity contribution in [3.8, 4) is 0 Å². The van der Waals surface area contributed by atoms with E-state index in [1.54, 1.807) is 0 Å². The Kier molecular flexibility index (Phi) is 5.18. The Morgan fingerprint density at radius 3 is 2.60 bits per heavy atom. The van der Waals surface area contributed by atoms with Gasteiger partial charge in [0.15, 0.2) is 0 Å². The Labute approximate surface area is 91.6 Å². The molecule has 0 unspecified atom stereocenters. The van der Waals surface area contributed by atoms with Crippen molar-refractivity contribution >= 4 is 18.4 Å². The van der Waals surface area contributed by atoms with Crippen LogP contribution in [0.1, 0.15) is 11.6 Å². The second-order valence-corrected chi connectivity index (χ2v) is 2.67. The van der Waals surface area contributed by atoms with Gasteiger partial charge in [0.05, 0.1) is 7.11 Å². The van der Waals surface area contributed by atoms with Crippen molar-refractivity contribution in [3.05, 3.63) is 35.4 Å². The van der Waals surface area contributed by atoms with Crippen LogP contribution in [0.3, 0.4) is 0 Å². The van der Waals surface area contributed by atoms with Crippen molar-refractivity contribution < 1.29 is 18.3 Å². The molecular formula is C9H10ClF2NO2. The number of carbonyl (C=O) groups is 1.